The number of carboxylic acid groups (broad SMARTS) is 1. The predicted octanol–water partition coefficient (Wildman–Crippen LogP) is 2.26. The Morgan fingerprint density at radius 2 is 2.14 bits per heavy atom. The number of aryl methyl sites for hydroxylation is 1. The van der Waals surface area contributed by atoms with Crippen LogP contribution in [0.4, 0.5) is 0 Å². The van der Waals surface area contributed by atoms with Crippen molar-refractivity contribution >= 4 is 17.6 Å². The Morgan fingerprint density at radius 1 is 1.43 bits per heavy atom. The number of carboxylic acids is 1. The molecule has 0 aliphatic carbocycles. The van der Waals surface area contributed by atoms with Crippen molar-refractivity contribution < 1.29 is 15.0 Å². The minimum atomic E-state index is -1.02. The molecule has 0 bridgehead atoms. The number of hydrogen-bond acceptors (Lipinski definition) is 2. The first kappa shape index (κ1) is 10.9. The quantitative estimate of drug-likeness (QED) is 0.756. The molecule has 4 heteroatoms. The molecule has 0 fully saturated rings. The van der Waals surface area contributed by atoms with Gasteiger partial charge in [-0.1, -0.05) is 6.07 Å². The summed E-state index contributed by atoms with van der Waals surface area (Å²) < 4.78 is 0. The second-order valence-electron chi connectivity index (χ2n) is 2.94. The molecule has 0 aromatic heterocycles. The number of phenolic OH excluding ortho intramolecular Hbond substituents is 1. The van der Waals surface area contributed by atoms with E-state index in [0.717, 1.165) is 6.42 Å². The van der Waals surface area contributed by atoms with E-state index in [1.807, 2.05) is 0 Å². The fourth-order valence-corrected chi connectivity index (χ4v) is 1.37. The van der Waals surface area contributed by atoms with Gasteiger partial charge in [-0.15, -0.1) is 11.6 Å². The van der Waals surface area contributed by atoms with Gasteiger partial charge in [-0.2, -0.15) is 0 Å². The summed E-state index contributed by atoms with van der Waals surface area (Å²) in [4.78, 5) is 10.8. The lowest BCUT2D eigenvalue weighted by molar-refractivity contribution is 0.0695. The first-order chi connectivity index (χ1) is 6.65. The van der Waals surface area contributed by atoms with E-state index in [1.165, 1.54) is 12.1 Å². The van der Waals surface area contributed by atoms with Gasteiger partial charge in [0.25, 0.3) is 0 Å². The molecule has 0 spiro atoms. The Labute approximate surface area is 86.9 Å². The lowest BCUT2D eigenvalue weighted by atomic mass is 10.0. The largest absolute Gasteiger partial charge is 0.508 e. The molecule has 0 atom stereocenters. The molecule has 14 heavy (non-hydrogen) atoms. The Balaban J connectivity index is 2.96. The second kappa shape index (κ2) is 4.86. The van der Waals surface area contributed by atoms with Crippen LogP contribution >= 0.6 is 11.6 Å². The lowest BCUT2D eigenvalue weighted by Crippen LogP contribution is -2.02. The van der Waals surface area contributed by atoms with E-state index >= 15 is 0 Å². The zero-order valence-electron chi connectivity index (χ0n) is 7.53. The normalized spacial score (nSPS) is 10.1. The van der Waals surface area contributed by atoms with Crippen molar-refractivity contribution in [1.29, 1.82) is 0 Å². The van der Waals surface area contributed by atoms with Crippen LogP contribution in [-0.4, -0.2) is 22.1 Å². The fourth-order valence-electron chi connectivity index (χ4n) is 1.24. The predicted molar refractivity (Wildman–Crippen MR) is 54.1 cm³/mol. The topological polar surface area (TPSA) is 57.5 Å². The van der Waals surface area contributed by atoms with Crippen molar-refractivity contribution in [2.75, 3.05) is 5.88 Å². The average molecular weight is 215 g/mol. The number of aromatic hydroxyl groups is 1. The van der Waals surface area contributed by atoms with Crippen molar-refractivity contribution in [3.05, 3.63) is 29.3 Å². The molecule has 1 aromatic carbocycles. The van der Waals surface area contributed by atoms with Gasteiger partial charge in [0.05, 0.1) is 5.56 Å². The molecule has 1 aromatic rings. The molecule has 0 saturated carbocycles. The molecule has 3 nitrogen and oxygen atoms in total. The van der Waals surface area contributed by atoms with E-state index in [1.54, 1.807) is 6.07 Å². The van der Waals surface area contributed by atoms with E-state index in [9.17, 15) is 4.79 Å². The van der Waals surface area contributed by atoms with Gasteiger partial charge in [-0.25, -0.2) is 4.79 Å². The van der Waals surface area contributed by atoms with Gasteiger partial charge in [0, 0.05) is 5.88 Å². The first-order valence-corrected chi connectivity index (χ1v) is 4.79. The molecule has 76 valence electrons. The van der Waals surface area contributed by atoms with Crippen LogP contribution in [-0.2, 0) is 6.42 Å². The van der Waals surface area contributed by atoms with E-state index in [2.05, 4.69) is 0 Å². The van der Waals surface area contributed by atoms with Gasteiger partial charge in [0.15, 0.2) is 0 Å². The molecule has 0 heterocycles. The van der Waals surface area contributed by atoms with E-state index in [-0.39, 0.29) is 11.3 Å². The molecule has 0 unspecified atom stereocenters. The van der Waals surface area contributed by atoms with Crippen molar-refractivity contribution in [2.45, 2.75) is 12.8 Å². The summed E-state index contributed by atoms with van der Waals surface area (Å²) in [6, 6.07) is 4.35. The summed E-state index contributed by atoms with van der Waals surface area (Å²) >= 11 is 5.52. The van der Waals surface area contributed by atoms with E-state index < -0.39 is 5.97 Å². The number of hydrogen-bond donors (Lipinski definition) is 2. The van der Waals surface area contributed by atoms with Crippen LogP contribution in [0.1, 0.15) is 22.3 Å². The van der Waals surface area contributed by atoms with Crippen molar-refractivity contribution in [3.63, 3.8) is 0 Å². The Kier molecular flexibility index (Phi) is 3.77. The summed E-state index contributed by atoms with van der Waals surface area (Å²) in [6.07, 6.45) is 1.35. The molecular formula is C10H11ClO3. The van der Waals surface area contributed by atoms with Crippen LogP contribution in [0.25, 0.3) is 0 Å². The Bertz CT molecular complexity index is 336. The second-order valence-corrected chi connectivity index (χ2v) is 3.32. The maximum atomic E-state index is 10.8. The number of alkyl halides is 1. The molecule has 0 radical (unpaired) electrons. The van der Waals surface area contributed by atoms with Gasteiger partial charge < -0.3 is 10.2 Å². The van der Waals surface area contributed by atoms with E-state index in [0.29, 0.717) is 17.9 Å². The summed E-state index contributed by atoms with van der Waals surface area (Å²) in [5.41, 5.74) is 0.853. The lowest BCUT2D eigenvalue weighted by Gasteiger charge is -2.05. The fraction of sp³-hybridized carbons (Fsp3) is 0.300. The minimum absolute atomic E-state index is 0.0305. The molecule has 0 amide bonds. The van der Waals surface area contributed by atoms with E-state index in [4.69, 9.17) is 21.8 Å². The minimum Gasteiger partial charge on any atom is -0.508 e. The van der Waals surface area contributed by atoms with Crippen molar-refractivity contribution in [1.82, 2.24) is 0 Å². The highest BCUT2D eigenvalue weighted by Gasteiger charge is 2.10. The number of carbonyl (C=O) groups is 1. The first-order valence-electron chi connectivity index (χ1n) is 4.26. The van der Waals surface area contributed by atoms with Crippen LogP contribution in [0.3, 0.4) is 0 Å². The van der Waals surface area contributed by atoms with Crippen LogP contribution in [0.5, 0.6) is 5.75 Å². The summed E-state index contributed by atoms with van der Waals surface area (Å²) in [5, 5.41) is 18.0. The third-order valence-electron chi connectivity index (χ3n) is 1.90. The number of aromatic carboxylic acids is 1. The Hall–Kier alpha value is -1.22. The third kappa shape index (κ3) is 2.64. The zero-order valence-corrected chi connectivity index (χ0v) is 8.29. The van der Waals surface area contributed by atoms with Crippen LogP contribution in [0.15, 0.2) is 18.2 Å². The van der Waals surface area contributed by atoms with Crippen LogP contribution in [0.2, 0.25) is 0 Å². The highest BCUT2D eigenvalue weighted by atomic mass is 35.5. The summed E-state index contributed by atoms with van der Waals surface area (Å²) in [5.74, 6) is -0.553. The number of halogens is 1. The van der Waals surface area contributed by atoms with Crippen molar-refractivity contribution in [3.8, 4) is 5.75 Å². The summed E-state index contributed by atoms with van der Waals surface area (Å²) in [7, 11) is 0. The van der Waals surface area contributed by atoms with Gasteiger partial charge >= 0.3 is 5.97 Å². The SMILES string of the molecule is O=C(O)c1cc(O)ccc1CCCCl. The molecule has 2 N–H and O–H groups in total. The molecule has 1 rings (SSSR count). The van der Waals surface area contributed by atoms with Crippen LogP contribution < -0.4 is 0 Å². The maximum absolute atomic E-state index is 10.8. The molecule has 0 saturated heterocycles. The standard InChI is InChI=1S/C10H11ClO3/c11-5-1-2-7-3-4-8(12)6-9(7)10(13)14/h3-4,6,12H,1-2,5H2,(H,13,14). The highest BCUT2D eigenvalue weighted by Crippen LogP contribution is 2.18. The van der Waals surface area contributed by atoms with Gasteiger partial charge in [0.2, 0.25) is 0 Å². The van der Waals surface area contributed by atoms with Gasteiger partial charge in [-0.05, 0) is 30.5 Å². The van der Waals surface area contributed by atoms with Gasteiger partial charge in [0.1, 0.15) is 5.75 Å². The highest BCUT2D eigenvalue weighted by molar-refractivity contribution is 6.17. The third-order valence-corrected chi connectivity index (χ3v) is 2.17. The Morgan fingerprint density at radius 3 is 2.71 bits per heavy atom. The van der Waals surface area contributed by atoms with Crippen molar-refractivity contribution in [2.24, 2.45) is 0 Å². The molecular weight excluding hydrogens is 204 g/mol. The number of benzene rings is 1. The smallest absolute Gasteiger partial charge is 0.336 e. The van der Waals surface area contributed by atoms with Gasteiger partial charge in [-0.3, -0.25) is 0 Å². The monoisotopic (exact) mass is 214 g/mol. The maximum Gasteiger partial charge on any atom is 0.336 e. The zero-order chi connectivity index (χ0) is 10.6. The number of phenols is 1. The number of rotatable bonds is 4. The molecule has 0 aliphatic heterocycles. The summed E-state index contributed by atoms with van der Waals surface area (Å²) in [6.45, 7) is 0. The molecule has 0 aliphatic rings. The van der Waals surface area contributed by atoms with Crippen LogP contribution in [0, 0.1) is 0 Å². The average Bonchev–Trinajstić information content (AvgIpc) is 2.15.